The maximum atomic E-state index is 13.7. The van der Waals surface area contributed by atoms with E-state index in [1.165, 1.54) is 11.1 Å². The maximum Gasteiger partial charge on any atom is 0.237 e. The van der Waals surface area contributed by atoms with E-state index in [4.69, 9.17) is 0 Å². The second kappa shape index (κ2) is 5.52. The first-order valence-electron chi connectivity index (χ1n) is 8.69. The molecular formula is C21H23NO. The van der Waals surface area contributed by atoms with Crippen molar-refractivity contribution in [3.05, 3.63) is 65.7 Å². The van der Waals surface area contributed by atoms with Gasteiger partial charge in [-0.15, -0.1) is 0 Å². The predicted octanol–water partition coefficient (Wildman–Crippen LogP) is 4.48. The molecule has 4 rings (SSSR count). The number of anilines is 1. The van der Waals surface area contributed by atoms with E-state index in [-0.39, 0.29) is 11.5 Å². The predicted molar refractivity (Wildman–Crippen MR) is 93.7 cm³/mol. The van der Waals surface area contributed by atoms with Crippen molar-refractivity contribution in [1.82, 2.24) is 0 Å². The quantitative estimate of drug-likeness (QED) is 0.801. The van der Waals surface area contributed by atoms with Crippen LogP contribution in [0.1, 0.15) is 43.7 Å². The molecule has 1 aliphatic carbocycles. The van der Waals surface area contributed by atoms with Crippen molar-refractivity contribution in [2.75, 3.05) is 4.90 Å². The van der Waals surface area contributed by atoms with Crippen LogP contribution >= 0.6 is 0 Å². The van der Waals surface area contributed by atoms with Crippen LogP contribution in [-0.4, -0.2) is 11.9 Å². The first-order valence-corrected chi connectivity index (χ1v) is 8.69. The summed E-state index contributed by atoms with van der Waals surface area (Å²) in [5.41, 5.74) is 3.29. The zero-order chi connectivity index (χ0) is 15.9. The third-order valence-corrected chi connectivity index (χ3v) is 5.62. The number of amides is 1. The van der Waals surface area contributed by atoms with Gasteiger partial charge in [0.25, 0.3) is 0 Å². The number of carbonyl (C=O) groups excluding carboxylic acids is 1. The molecule has 23 heavy (non-hydrogen) atoms. The van der Waals surface area contributed by atoms with Gasteiger partial charge in [0.1, 0.15) is 0 Å². The number of rotatable bonds is 2. The average Bonchev–Trinajstić information content (AvgIpc) is 3.20. The average molecular weight is 305 g/mol. The van der Waals surface area contributed by atoms with E-state index in [9.17, 15) is 4.79 Å². The number of benzene rings is 2. The minimum atomic E-state index is -0.326. The molecule has 0 aromatic heterocycles. The molecule has 2 aromatic rings. The summed E-state index contributed by atoms with van der Waals surface area (Å²) < 4.78 is 0. The molecule has 0 radical (unpaired) electrons. The fourth-order valence-electron chi connectivity index (χ4n) is 4.47. The van der Waals surface area contributed by atoms with Gasteiger partial charge in [0, 0.05) is 11.7 Å². The summed E-state index contributed by atoms with van der Waals surface area (Å²) in [4.78, 5) is 15.7. The number of hydrogen-bond acceptors (Lipinski definition) is 1. The number of hydrogen-bond donors (Lipinski definition) is 0. The van der Waals surface area contributed by atoms with Gasteiger partial charge in [-0.05, 0) is 43.4 Å². The number of carbonyl (C=O) groups is 1. The highest BCUT2D eigenvalue weighted by molar-refractivity contribution is 6.03. The van der Waals surface area contributed by atoms with Gasteiger partial charge in [-0.1, -0.05) is 61.4 Å². The molecule has 0 spiro atoms. The Hall–Kier alpha value is -2.09. The van der Waals surface area contributed by atoms with Gasteiger partial charge in [0.05, 0.1) is 5.41 Å². The van der Waals surface area contributed by atoms with Crippen LogP contribution in [0.25, 0.3) is 0 Å². The molecule has 0 N–H and O–H groups in total. The molecule has 118 valence electrons. The molecule has 1 saturated carbocycles. The summed E-state index contributed by atoms with van der Waals surface area (Å²) in [6.45, 7) is 2.17. The second-order valence-electron chi connectivity index (χ2n) is 7.01. The molecule has 0 saturated heterocycles. The van der Waals surface area contributed by atoms with E-state index >= 15 is 0 Å². The van der Waals surface area contributed by atoms with Crippen molar-refractivity contribution in [2.24, 2.45) is 0 Å². The van der Waals surface area contributed by atoms with Crippen LogP contribution in [0.2, 0.25) is 0 Å². The summed E-state index contributed by atoms with van der Waals surface area (Å²) in [6, 6.07) is 19.0. The number of nitrogens with zero attached hydrogens (tertiary/aromatic N) is 1. The summed E-state index contributed by atoms with van der Waals surface area (Å²) in [5.74, 6) is 0.304. The van der Waals surface area contributed by atoms with Gasteiger partial charge in [-0.2, -0.15) is 0 Å². The molecule has 0 unspecified atom stereocenters. The Labute approximate surface area is 138 Å². The monoisotopic (exact) mass is 305 g/mol. The second-order valence-corrected chi connectivity index (χ2v) is 7.01. The number of fused-ring (bicyclic) bond motifs is 1. The van der Waals surface area contributed by atoms with Gasteiger partial charge in [0.15, 0.2) is 0 Å². The molecule has 1 fully saturated rings. The summed E-state index contributed by atoms with van der Waals surface area (Å²) in [5, 5.41) is 0. The van der Waals surface area contributed by atoms with Crippen LogP contribution in [-0.2, 0) is 16.6 Å². The molecule has 0 bridgehead atoms. The largest absolute Gasteiger partial charge is 0.308 e. The van der Waals surface area contributed by atoms with E-state index in [1.807, 2.05) is 12.1 Å². The fraction of sp³-hybridized carbons (Fsp3) is 0.381. The Bertz CT molecular complexity index is 716. The molecule has 1 heterocycles. The van der Waals surface area contributed by atoms with E-state index < -0.39 is 0 Å². The van der Waals surface area contributed by atoms with Gasteiger partial charge >= 0.3 is 0 Å². The Morgan fingerprint density at radius 1 is 1.00 bits per heavy atom. The van der Waals surface area contributed by atoms with Crippen molar-refractivity contribution in [3.8, 4) is 0 Å². The van der Waals surface area contributed by atoms with Gasteiger partial charge < -0.3 is 4.90 Å². The zero-order valence-corrected chi connectivity index (χ0v) is 13.7. The molecule has 1 amide bonds. The molecule has 2 aliphatic rings. The van der Waals surface area contributed by atoms with Gasteiger partial charge in [0.2, 0.25) is 5.91 Å². The Kier molecular flexibility index (Phi) is 3.48. The van der Waals surface area contributed by atoms with Crippen LogP contribution in [0.15, 0.2) is 54.6 Å². The molecule has 2 nitrogen and oxygen atoms in total. The third kappa shape index (κ3) is 2.20. The van der Waals surface area contributed by atoms with Crippen molar-refractivity contribution in [3.63, 3.8) is 0 Å². The minimum absolute atomic E-state index is 0.251. The van der Waals surface area contributed by atoms with Crippen LogP contribution in [0, 0.1) is 0 Å². The zero-order valence-electron chi connectivity index (χ0n) is 13.7. The van der Waals surface area contributed by atoms with Crippen LogP contribution in [0.3, 0.4) is 0 Å². The van der Waals surface area contributed by atoms with Gasteiger partial charge in [-0.25, -0.2) is 0 Å². The van der Waals surface area contributed by atoms with E-state index in [0.717, 1.165) is 37.8 Å². The van der Waals surface area contributed by atoms with Crippen LogP contribution < -0.4 is 4.90 Å². The van der Waals surface area contributed by atoms with Crippen molar-refractivity contribution in [1.29, 1.82) is 0 Å². The SMILES string of the molecule is C[C@H]1Cc2ccccc2N1C(=O)C1(c2ccccc2)CCCC1. The summed E-state index contributed by atoms with van der Waals surface area (Å²) >= 11 is 0. The summed E-state index contributed by atoms with van der Waals surface area (Å²) in [6.07, 6.45) is 5.20. The minimum Gasteiger partial charge on any atom is -0.308 e. The lowest BCUT2D eigenvalue weighted by molar-refractivity contribution is -0.124. The lowest BCUT2D eigenvalue weighted by Crippen LogP contribution is -2.48. The van der Waals surface area contributed by atoms with E-state index in [0.29, 0.717) is 5.91 Å². The van der Waals surface area contributed by atoms with Crippen LogP contribution in [0.4, 0.5) is 5.69 Å². The molecular weight excluding hydrogens is 282 g/mol. The highest BCUT2D eigenvalue weighted by Gasteiger charge is 2.47. The smallest absolute Gasteiger partial charge is 0.237 e. The number of para-hydroxylation sites is 1. The highest BCUT2D eigenvalue weighted by atomic mass is 16.2. The van der Waals surface area contributed by atoms with Crippen molar-refractivity contribution >= 4 is 11.6 Å². The topological polar surface area (TPSA) is 20.3 Å². The lowest BCUT2D eigenvalue weighted by Gasteiger charge is -2.35. The van der Waals surface area contributed by atoms with E-state index in [1.54, 1.807) is 0 Å². The third-order valence-electron chi connectivity index (χ3n) is 5.62. The highest BCUT2D eigenvalue weighted by Crippen LogP contribution is 2.45. The van der Waals surface area contributed by atoms with Gasteiger partial charge in [-0.3, -0.25) is 4.79 Å². The Morgan fingerprint density at radius 3 is 2.39 bits per heavy atom. The standard InChI is InChI=1S/C21H23NO/c1-16-15-17-9-5-6-12-19(17)22(16)20(23)21(13-7-8-14-21)18-10-3-2-4-11-18/h2-6,9-12,16H,7-8,13-15H2,1H3/t16-/m0/s1. The Balaban J connectivity index is 1.78. The van der Waals surface area contributed by atoms with E-state index in [2.05, 4.69) is 54.3 Å². The molecule has 1 aliphatic heterocycles. The lowest BCUT2D eigenvalue weighted by atomic mass is 9.77. The molecule has 2 heteroatoms. The molecule has 2 aromatic carbocycles. The van der Waals surface area contributed by atoms with Crippen molar-refractivity contribution in [2.45, 2.75) is 50.5 Å². The molecule has 1 atom stereocenters. The van der Waals surface area contributed by atoms with Crippen LogP contribution in [0.5, 0.6) is 0 Å². The summed E-state index contributed by atoms with van der Waals surface area (Å²) in [7, 11) is 0. The first kappa shape index (κ1) is 14.5. The fourth-order valence-corrected chi connectivity index (χ4v) is 4.47. The normalized spacial score (nSPS) is 22.1. The van der Waals surface area contributed by atoms with Crippen molar-refractivity contribution < 1.29 is 4.79 Å². The maximum absolute atomic E-state index is 13.7. The Morgan fingerprint density at radius 2 is 1.65 bits per heavy atom. The first-order chi connectivity index (χ1) is 11.2.